The highest BCUT2D eigenvalue weighted by Gasteiger charge is 2.24. The van der Waals surface area contributed by atoms with Crippen molar-refractivity contribution in [2.45, 2.75) is 53.6 Å². The molecule has 6 rings (SSSR count). The molecule has 0 aliphatic carbocycles. The Morgan fingerprint density at radius 3 is 1.77 bits per heavy atom. The predicted molar refractivity (Wildman–Crippen MR) is 216 cm³/mol. The van der Waals surface area contributed by atoms with Crippen LogP contribution in [-0.4, -0.2) is 89.0 Å². The van der Waals surface area contributed by atoms with Gasteiger partial charge in [-0.3, -0.25) is 13.8 Å². The Balaban J connectivity index is 1.01. The first-order valence-corrected chi connectivity index (χ1v) is 22.6. The number of nitrogens with one attached hydrogen (secondary N) is 2. The standard InChI is InChI=1S/C36H39N9O7S4/c1-6-44-33(24-16-17-51-20-24)39-41-35(44)53-22-32(47)38-27-10-14-30(15-11-27)56(49,50)43(3)19-28-18-25(21-52-28)34-40-42-36(45(34)7-2)54-23-31(46)37-26-8-12-29(13-9-26)55(4,5)48/h8-18,20-21H,4,6-7,19,22-23H2,1-3,5H3,(H,37,46)(H,38,47). The fraction of sp³-hybridized carbons (Fsp3) is 0.250. The summed E-state index contributed by atoms with van der Waals surface area (Å²) in [6, 6.07) is 16.1. The van der Waals surface area contributed by atoms with Crippen LogP contribution in [0, 0.1) is 0 Å². The number of sulfonamides is 1. The molecule has 2 amide bonds. The maximum atomic E-state index is 13.5. The van der Waals surface area contributed by atoms with Gasteiger partial charge in [-0.15, -0.1) is 20.4 Å². The highest BCUT2D eigenvalue weighted by molar-refractivity contribution is 8.00. The third kappa shape index (κ3) is 9.44. The molecule has 2 N–H and O–H groups in total. The van der Waals surface area contributed by atoms with Crippen LogP contribution in [0.4, 0.5) is 11.4 Å². The molecular formula is C36H39N9O7S4. The second kappa shape index (κ2) is 17.3. The topological polar surface area (TPSA) is 200 Å². The molecule has 6 aromatic rings. The van der Waals surface area contributed by atoms with Crippen molar-refractivity contribution in [3.63, 3.8) is 0 Å². The van der Waals surface area contributed by atoms with E-state index in [0.717, 1.165) is 5.56 Å². The van der Waals surface area contributed by atoms with Crippen LogP contribution < -0.4 is 10.6 Å². The molecule has 294 valence electrons. The lowest BCUT2D eigenvalue weighted by molar-refractivity contribution is -0.114. The van der Waals surface area contributed by atoms with Gasteiger partial charge in [-0.05, 0) is 89.9 Å². The van der Waals surface area contributed by atoms with E-state index >= 15 is 0 Å². The quantitative estimate of drug-likeness (QED) is 0.0873. The Morgan fingerprint density at radius 1 is 0.768 bits per heavy atom. The van der Waals surface area contributed by atoms with E-state index in [-0.39, 0.29) is 34.8 Å². The van der Waals surface area contributed by atoms with E-state index in [4.69, 9.17) is 8.83 Å². The molecule has 0 aliphatic heterocycles. The van der Waals surface area contributed by atoms with Crippen molar-refractivity contribution in [1.82, 2.24) is 33.8 Å². The van der Waals surface area contributed by atoms with Gasteiger partial charge in [-0.2, -0.15) is 4.31 Å². The van der Waals surface area contributed by atoms with Gasteiger partial charge in [0.05, 0.1) is 40.3 Å². The molecule has 0 bridgehead atoms. The van der Waals surface area contributed by atoms with Crippen molar-refractivity contribution in [3.05, 3.63) is 85.2 Å². The molecule has 0 saturated heterocycles. The Hall–Kier alpha value is -5.15. The average molecular weight is 838 g/mol. The van der Waals surface area contributed by atoms with Crippen molar-refractivity contribution in [1.29, 1.82) is 0 Å². The van der Waals surface area contributed by atoms with Crippen molar-refractivity contribution < 1.29 is 31.1 Å². The van der Waals surface area contributed by atoms with Gasteiger partial charge in [0, 0.05) is 42.7 Å². The highest BCUT2D eigenvalue weighted by atomic mass is 32.2. The number of aromatic nitrogens is 6. The van der Waals surface area contributed by atoms with Gasteiger partial charge >= 0.3 is 0 Å². The van der Waals surface area contributed by atoms with E-state index in [1.807, 2.05) is 23.0 Å². The molecule has 1 unspecified atom stereocenters. The molecule has 0 saturated carbocycles. The number of hydrogen-bond donors (Lipinski definition) is 2. The number of hydrogen-bond acceptors (Lipinski definition) is 13. The number of thioether (sulfide) groups is 2. The monoisotopic (exact) mass is 837 g/mol. The van der Waals surface area contributed by atoms with Crippen molar-refractivity contribution in [2.75, 3.05) is 35.4 Å². The summed E-state index contributed by atoms with van der Waals surface area (Å²) in [6.07, 6.45) is 6.18. The Labute approximate surface area is 332 Å². The third-order valence-corrected chi connectivity index (χ3v) is 13.3. The first kappa shape index (κ1) is 40.5. The number of carbonyl (C=O) groups excluding carboxylic acids is 2. The van der Waals surface area contributed by atoms with Crippen molar-refractivity contribution in [3.8, 4) is 22.8 Å². The fourth-order valence-electron chi connectivity index (χ4n) is 5.44. The number of benzene rings is 2. The van der Waals surface area contributed by atoms with Gasteiger partial charge in [0.15, 0.2) is 22.0 Å². The van der Waals surface area contributed by atoms with Crippen LogP contribution in [0.1, 0.15) is 19.6 Å². The number of amides is 2. The molecule has 0 fully saturated rings. The molecule has 4 aromatic heterocycles. The maximum Gasteiger partial charge on any atom is 0.243 e. The minimum atomic E-state index is -3.92. The van der Waals surface area contributed by atoms with Crippen LogP contribution in [0.15, 0.2) is 108 Å². The number of nitrogens with zero attached hydrogens (tertiary/aromatic N) is 7. The van der Waals surface area contributed by atoms with Gasteiger partial charge in [0.1, 0.15) is 18.3 Å². The zero-order chi connectivity index (χ0) is 40.0. The van der Waals surface area contributed by atoms with Gasteiger partial charge in [-0.25, -0.2) is 8.42 Å². The van der Waals surface area contributed by atoms with Crippen LogP contribution in [0.5, 0.6) is 0 Å². The fourth-order valence-corrected chi connectivity index (χ4v) is 8.89. The molecule has 20 heteroatoms. The third-order valence-electron chi connectivity index (χ3n) is 8.28. The molecule has 2 aromatic carbocycles. The van der Waals surface area contributed by atoms with Crippen molar-refractivity contribution >= 4 is 72.1 Å². The van der Waals surface area contributed by atoms with Crippen LogP contribution in [0.3, 0.4) is 0 Å². The molecule has 0 aliphatic rings. The van der Waals surface area contributed by atoms with Crippen LogP contribution in [0.25, 0.3) is 22.8 Å². The Morgan fingerprint density at radius 2 is 1.29 bits per heavy atom. The van der Waals surface area contributed by atoms with Crippen molar-refractivity contribution in [2.24, 2.45) is 0 Å². The van der Waals surface area contributed by atoms with Gasteiger partial charge in [0.2, 0.25) is 21.8 Å². The lowest BCUT2D eigenvalue weighted by Crippen LogP contribution is -2.26. The summed E-state index contributed by atoms with van der Waals surface area (Å²) in [7, 11) is -4.82. The maximum absolute atomic E-state index is 13.5. The number of carbonyl (C=O) groups is 2. The summed E-state index contributed by atoms with van der Waals surface area (Å²) < 4.78 is 54.8. The van der Waals surface area contributed by atoms with Gasteiger partial charge < -0.3 is 28.6 Å². The average Bonchev–Trinajstić information content (AvgIpc) is 4.00. The summed E-state index contributed by atoms with van der Waals surface area (Å²) >= 11 is 2.46. The van der Waals surface area contributed by atoms with Gasteiger partial charge in [-0.1, -0.05) is 23.5 Å². The minimum absolute atomic E-state index is 0.0418. The first-order chi connectivity index (χ1) is 26.8. The Kier molecular flexibility index (Phi) is 12.5. The summed E-state index contributed by atoms with van der Waals surface area (Å²) in [5.74, 6) is 4.81. The lowest BCUT2D eigenvalue weighted by atomic mass is 10.3. The SMILES string of the molecule is C=S(C)(=O)c1ccc(NC(=O)CSc2nnc(-c3coc(CN(C)S(=O)(=O)c4ccc(NC(=O)CSc5nnc(-c6ccoc6)n5CC)cc4)c3)n2CC)cc1. The zero-order valence-corrected chi connectivity index (χ0v) is 34.1. The van der Waals surface area contributed by atoms with Gasteiger partial charge in [0.25, 0.3) is 0 Å². The second-order valence-corrected chi connectivity index (χ2v) is 18.8. The van der Waals surface area contributed by atoms with Crippen LogP contribution >= 0.6 is 23.5 Å². The highest BCUT2D eigenvalue weighted by Crippen LogP contribution is 2.28. The number of furan rings is 2. The molecular weight excluding hydrogens is 799 g/mol. The summed E-state index contributed by atoms with van der Waals surface area (Å²) in [4.78, 5) is 26.0. The van der Waals surface area contributed by atoms with E-state index in [2.05, 4.69) is 36.9 Å². The molecule has 16 nitrogen and oxygen atoms in total. The molecule has 0 radical (unpaired) electrons. The molecule has 1 atom stereocenters. The Bertz CT molecular complexity index is 2530. The largest absolute Gasteiger partial charge is 0.472 e. The summed E-state index contributed by atoms with van der Waals surface area (Å²) in [5, 5.41) is 23.7. The van der Waals surface area contributed by atoms with E-state index < -0.39 is 19.5 Å². The number of anilines is 2. The zero-order valence-electron chi connectivity index (χ0n) is 30.9. The van der Waals surface area contributed by atoms with E-state index in [1.54, 1.807) is 55.2 Å². The van der Waals surface area contributed by atoms with Crippen LogP contribution in [0.2, 0.25) is 0 Å². The van der Waals surface area contributed by atoms with E-state index in [0.29, 0.717) is 62.6 Å². The van der Waals surface area contributed by atoms with E-state index in [1.165, 1.54) is 65.4 Å². The van der Waals surface area contributed by atoms with Crippen LogP contribution in [-0.2, 0) is 48.8 Å². The summed E-state index contributed by atoms with van der Waals surface area (Å²) in [5.41, 5.74) is 2.40. The lowest BCUT2D eigenvalue weighted by Gasteiger charge is -2.16. The molecule has 0 spiro atoms. The van der Waals surface area contributed by atoms with E-state index in [9.17, 15) is 22.2 Å². The predicted octanol–water partition coefficient (Wildman–Crippen LogP) is 5.42. The molecule has 4 heterocycles. The summed E-state index contributed by atoms with van der Waals surface area (Å²) in [6.45, 7) is 4.94. The molecule has 56 heavy (non-hydrogen) atoms. The normalized spacial score (nSPS) is 12.8. The smallest absolute Gasteiger partial charge is 0.243 e. The number of rotatable bonds is 17. The second-order valence-electron chi connectivity index (χ2n) is 12.4. The minimum Gasteiger partial charge on any atom is -0.472 e. The first-order valence-electron chi connectivity index (χ1n) is 17.1.